The van der Waals surface area contributed by atoms with E-state index in [1.165, 1.54) is 36.4 Å². The second-order valence-corrected chi connectivity index (χ2v) is 13.5. The molecule has 0 fully saturated rings. The number of ether oxygens (including phenoxy) is 1. The highest BCUT2D eigenvalue weighted by Gasteiger charge is 2.36. The van der Waals surface area contributed by atoms with Gasteiger partial charge >= 0.3 is 12.5 Å². The molecule has 274 valence electrons. The Morgan fingerprint density at radius 3 is 1.62 bits per heavy atom. The predicted molar refractivity (Wildman–Crippen MR) is 202 cm³/mol. The number of nitrogens with zero attached hydrogens (tertiary/aromatic N) is 3. The van der Waals surface area contributed by atoms with Crippen molar-refractivity contribution in [3.05, 3.63) is 165 Å². The highest BCUT2D eigenvalue weighted by Crippen LogP contribution is 2.52. The van der Waals surface area contributed by atoms with Crippen molar-refractivity contribution < 1.29 is 31.1 Å². The zero-order valence-electron chi connectivity index (χ0n) is 29.9. The zero-order valence-corrected chi connectivity index (χ0v) is 29.9. The summed E-state index contributed by atoms with van der Waals surface area (Å²) in [7, 11) is 0. The number of aryl methyl sites for hydroxylation is 3. The number of nitriles is 2. The fraction of sp³-hybridized carbons (Fsp3) is 0.109. The van der Waals surface area contributed by atoms with Gasteiger partial charge in [-0.05, 0) is 141 Å². The molecule has 0 atom stereocenters. The fourth-order valence-electron chi connectivity index (χ4n) is 7.24. The van der Waals surface area contributed by atoms with Crippen LogP contribution in [0.2, 0.25) is 0 Å². The Morgan fingerprint density at radius 2 is 1.09 bits per heavy atom. The Balaban J connectivity index is 1.38. The number of hydrogen-bond donors (Lipinski definition) is 0. The van der Waals surface area contributed by atoms with Crippen LogP contribution in [0.15, 0.2) is 115 Å². The Morgan fingerprint density at radius 1 is 0.571 bits per heavy atom. The number of fused-ring (bicyclic) bond motifs is 3. The van der Waals surface area contributed by atoms with Crippen molar-refractivity contribution in [3.8, 4) is 73.5 Å². The number of halogens is 6. The lowest BCUT2D eigenvalue weighted by atomic mass is 9.91. The summed E-state index contributed by atoms with van der Waals surface area (Å²) < 4.78 is 87.1. The van der Waals surface area contributed by atoms with Gasteiger partial charge in [-0.3, -0.25) is 0 Å². The maximum Gasteiger partial charge on any atom is 0.573 e. The van der Waals surface area contributed by atoms with Crippen molar-refractivity contribution in [2.24, 2.45) is 0 Å². The van der Waals surface area contributed by atoms with E-state index in [9.17, 15) is 36.9 Å². The first-order chi connectivity index (χ1) is 26.6. The molecule has 0 bridgehead atoms. The highest BCUT2D eigenvalue weighted by atomic mass is 19.4. The molecule has 0 unspecified atom stereocenters. The molecule has 0 amide bonds. The lowest BCUT2D eigenvalue weighted by Crippen LogP contribution is -2.17. The fourth-order valence-corrected chi connectivity index (χ4v) is 7.24. The first-order valence-corrected chi connectivity index (χ1v) is 17.1. The third kappa shape index (κ3) is 7.11. The van der Waals surface area contributed by atoms with Gasteiger partial charge in [-0.1, -0.05) is 66.7 Å². The Bertz CT molecular complexity index is 2720. The van der Waals surface area contributed by atoms with E-state index in [0.29, 0.717) is 44.5 Å². The van der Waals surface area contributed by atoms with Crippen molar-refractivity contribution >= 4 is 5.57 Å². The summed E-state index contributed by atoms with van der Waals surface area (Å²) in [4.78, 5) is 3.42. The number of hydrogen-bond acceptors (Lipinski definition) is 3. The van der Waals surface area contributed by atoms with Gasteiger partial charge in [0.15, 0.2) is 0 Å². The van der Waals surface area contributed by atoms with E-state index in [-0.39, 0.29) is 22.4 Å². The summed E-state index contributed by atoms with van der Waals surface area (Å²) >= 11 is 0. The van der Waals surface area contributed by atoms with Crippen LogP contribution < -0.4 is 4.74 Å². The molecule has 1 aliphatic rings. The van der Waals surface area contributed by atoms with Gasteiger partial charge in [-0.15, -0.1) is 13.2 Å². The van der Waals surface area contributed by atoms with Gasteiger partial charge in [0.25, 0.3) is 5.70 Å². The van der Waals surface area contributed by atoms with Crippen molar-refractivity contribution in [2.75, 3.05) is 0 Å². The molecule has 10 heteroatoms. The molecule has 56 heavy (non-hydrogen) atoms. The van der Waals surface area contributed by atoms with Crippen molar-refractivity contribution in [2.45, 2.75) is 33.3 Å². The van der Waals surface area contributed by atoms with Crippen molar-refractivity contribution in [3.63, 3.8) is 0 Å². The molecule has 0 saturated carbocycles. The molecule has 0 aliphatic heterocycles. The molecule has 0 N–H and O–H groups in total. The lowest BCUT2D eigenvalue weighted by Gasteiger charge is -2.17. The van der Waals surface area contributed by atoms with E-state index >= 15 is 0 Å². The van der Waals surface area contributed by atoms with Crippen LogP contribution in [0.25, 0.3) is 66.1 Å². The van der Waals surface area contributed by atoms with Gasteiger partial charge in [-0.2, -0.15) is 18.4 Å². The smallest absolute Gasteiger partial charge is 0.405 e. The maximum atomic E-state index is 13.9. The average molecular weight is 752 g/mol. The molecule has 1 aliphatic carbocycles. The normalized spacial score (nSPS) is 12.9. The van der Waals surface area contributed by atoms with Crippen LogP contribution in [0.5, 0.6) is 5.75 Å². The second kappa shape index (κ2) is 14.0. The summed E-state index contributed by atoms with van der Waals surface area (Å²) in [6.07, 6.45) is -9.67. The summed E-state index contributed by atoms with van der Waals surface area (Å²) in [5, 5.41) is 19.4. The zero-order chi connectivity index (χ0) is 40.1. The molecule has 0 aromatic heterocycles. The van der Waals surface area contributed by atoms with Gasteiger partial charge < -0.3 is 4.74 Å². The monoisotopic (exact) mass is 751 g/mol. The summed E-state index contributed by atoms with van der Waals surface area (Å²) in [6.45, 7) is 13.1. The number of benzene rings is 6. The van der Waals surface area contributed by atoms with Crippen LogP contribution in [0, 0.1) is 50.0 Å². The molecule has 4 nitrogen and oxygen atoms in total. The Labute approximate surface area is 318 Å². The summed E-state index contributed by atoms with van der Waals surface area (Å²) in [6, 6.07) is 33.6. The van der Waals surface area contributed by atoms with Gasteiger partial charge in [0.1, 0.15) is 5.75 Å². The number of allylic oxidation sites excluding steroid dienone is 1. The van der Waals surface area contributed by atoms with E-state index in [4.69, 9.17) is 6.57 Å². The van der Waals surface area contributed by atoms with Crippen LogP contribution in [0.1, 0.15) is 38.9 Å². The van der Waals surface area contributed by atoms with Crippen LogP contribution in [0.3, 0.4) is 0 Å². The highest BCUT2D eigenvalue weighted by molar-refractivity contribution is 6.06. The number of rotatable bonds is 5. The molecule has 0 spiro atoms. The van der Waals surface area contributed by atoms with Crippen molar-refractivity contribution in [1.82, 2.24) is 0 Å². The van der Waals surface area contributed by atoms with E-state index in [1.807, 2.05) is 68.4 Å². The topological polar surface area (TPSA) is 61.2 Å². The molecule has 6 aromatic rings. The van der Waals surface area contributed by atoms with E-state index in [1.54, 1.807) is 19.1 Å². The largest absolute Gasteiger partial charge is 0.573 e. The average Bonchev–Trinajstić information content (AvgIpc) is 3.44. The first kappa shape index (κ1) is 37.2. The minimum Gasteiger partial charge on any atom is -0.405 e. The molecule has 0 heterocycles. The first-order valence-electron chi connectivity index (χ1n) is 17.1. The van der Waals surface area contributed by atoms with Gasteiger partial charge in [-0.25, -0.2) is 10.1 Å². The quantitative estimate of drug-likeness (QED) is 0.0999. The second-order valence-electron chi connectivity index (χ2n) is 13.5. The molecular formula is C46H27F6N3O. The van der Waals surface area contributed by atoms with Crippen LogP contribution in [-0.2, 0) is 6.18 Å². The summed E-state index contributed by atoms with van der Waals surface area (Å²) in [5.41, 5.74) is 7.98. The number of alkyl halides is 6. The van der Waals surface area contributed by atoms with Gasteiger partial charge in [0.2, 0.25) is 0 Å². The van der Waals surface area contributed by atoms with Gasteiger partial charge in [0, 0.05) is 11.1 Å². The SMILES string of the molecule is [C-]#[N+]/C(C#N)=C1\c2cc(C)c(-c3ccc(-c4cc(C)cc(C#N)c4)cc3)cc2-c2cc(-c3ccc(-c4cc(C)cc(C(F)(F)F)c4)cc3)c(OC(F)(F)F)cc21. The van der Waals surface area contributed by atoms with Crippen LogP contribution >= 0.6 is 0 Å². The molecule has 7 rings (SSSR count). The van der Waals surface area contributed by atoms with E-state index in [0.717, 1.165) is 45.5 Å². The third-order valence-corrected chi connectivity index (χ3v) is 9.66. The van der Waals surface area contributed by atoms with Crippen LogP contribution in [-0.4, -0.2) is 6.36 Å². The minimum absolute atomic E-state index is 0.0442. The maximum absolute atomic E-state index is 13.9. The molecule has 0 saturated heterocycles. The molecule has 6 aromatic carbocycles. The van der Waals surface area contributed by atoms with Crippen LogP contribution in [0.4, 0.5) is 26.3 Å². The predicted octanol–water partition coefficient (Wildman–Crippen LogP) is 13.3. The molecular weight excluding hydrogens is 725 g/mol. The Kier molecular flexibility index (Phi) is 9.28. The van der Waals surface area contributed by atoms with Crippen molar-refractivity contribution in [1.29, 1.82) is 10.5 Å². The van der Waals surface area contributed by atoms with E-state index in [2.05, 4.69) is 15.7 Å². The minimum atomic E-state index is -5.10. The van der Waals surface area contributed by atoms with E-state index < -0.39 is 23.9 Å². The summed E-state index contributed by atoms with van der Waals surface area (Å²) in [5.74, 6) is -0.574. The lowest BCUT2D eigenvalue weighted by molar-refractivity contribution is -0.274. The Hall–Kier alpha value is -7.09. The third-order valence-electron chi connectivity index (χ3n) is 9.66. The molecule has 0 radical (unpaired) electrons. The van der Waals surface area contributed by atoms with Gasteiger partial charge in [0.05, 0.1) is 29.8 Å². The standard InChI is InChI=1S/C46H27F6N3O/c1-25-13-28(23-53)18-33(14-25)29-5-9-31(10-6-29)36-20-38-39-21-37(32-11-7-30(8-12-32)34-15-26(2)16-35(19-34)45(47,48)49)43(56-46(50,51)52)22-41(39)44(42(24-54)55-4)40(38)17-27(36)3/h5-22H,1-3H3/b44-42+.